The molecule has 0 aliphatic carbocycles. The minimum Gasteiger partial charge on any atom is -0.390 e. The second-order valence-corrected chi connectivity index (χ2v) is 7.42. The van der Waals surface area contributed by atoms with Gasteiger partial charge in [-0.25, -0.2) is 18.8 Å². The number of hydrogen-bond donors (Lipinski definition) is 1. The van der Waals surface area contributed by atoms with Crippen LogP contribution in [0.25, 0.3) is 5.65 Å². The fraction of sp³-hybridized carbons (Fsp3) is 0.333. The summed E-state index contributed by atoms with van der Waals surface area (Å²) < 4.78 is 29.5. The molecular formula is C21H23F2N3O3. The van der Waals surface area contributed by atoms with Crippen LogP contribution in [0.15, 0.2) is 42.6 Å². The van der Waals surface area contributed by atoms with E-state index in [2.05, 4.69) is 4.98 Å². The molecule has 8 heteroatoms. The molecule has 0 fully saturated rings. The molecule has 3 aromatic rings. The van der Waals surface area contributed by atoms with Crippen LogP contribution in [0.5, 0.6) is 0 Å². The quantitative estimate of drug-likeness (QED) is 0.612. The lowest BCUT2D eigenvalue weighted by Crippen LogP contribution is -2.36. The number of aryl methyl sites for hydroxylation is 1. The summed E-state index contributed by atoms with van der Waals surface area (Å²) >= 11 is 0. The van der Waals surface area contributed by atoms with E-state index in [9.17, 15) is 18.7 Å². The number of nitrogens with zero attached hydrogens (tertiary/aromatic N) is 3. The number of hydrogen-bond acceptors (Lipinski definition) is 4. The van der Waals surface area contributed by atoms with Gasteiger partial charge in [-0.2, -0.15) is 0 Å². The zero-order valence-electron chi connectivity index (χ0n) is 16.5. The lowest BCUT2D eigenvalue weighted by atomic mass is 10.1. The van der Waals surface area contributed by atoms with Crippen LogP contribution in [0.1, 0.15) is 42.0 Å². The summed E-state index contributed by atoms with van der Waals surface area (Å²) in [4.78, 5) is 23.1. The number of amides is 1. The highest BCUT2D eigenvalue weighted by Crippen LogP contribution is 2.19. The molecule has 1 aromatic carbocycles. The lowest BCUT2D eigenvalue weighted by molar-refractivity contribution is -0.142. The summed E-state index contributed by atoms with van der Waals surface area (Å²) in [6.07, 6.45) is 1.90. The summed E-state index contributed by atoms with van der Waals surface area (Å²) in [6, 6.07) is 8.84. The number of aliphatic hydroxyl groups is 1. The number of pyridine rings is 1. The van der Waals surface area contributed by atoms with Gasteiger partial charge >= 0.3 is 0 Å². The van der Waals surface area contributed by atoms with E-state index in [4.69, 9.17) is 4.84 Å². The second kappa shape index (κ2) is 8.26. The molecular weight excluding hydrogens is 380 g/mol. The van der Waals surface area contributed by atoms with Crippen molar-refractivity contribution in [1.29, 1.82) is 0 Å². The first kappa shape index (κ1) is 20.9. The van der Waals surface area contributed by atoms with E-state index in [0.717, 1.165) is 17.2 Å². The smallest absolute Gasteiger partial charge is 0.296 e. The first-order valence-corrected chi connectivity index (χ1v) is 9.21. The Kier molecular flexibility index (Phi) is 5.95. The maximum absolute atomic E-state index is 13.9. The number of aromatic nitrogens is 2. The molecule has 0 aliphatic heterocycles. The minimum atomic E-state index is -1.06. The number of halogens is 2. The first-order valence-electron chi connectivity index (χ1n) is 9.21. The lowest BCUT2D eigenvalue weighted by Gasteiger charge is -2.26. The zero-order chi connectivity index (χ0) is 21.2. The molecule has 0 saturated carbocycles. The number of imidazole rings is 1. The summed E-state index contributed by atoms with van der Waals surface area (Å²) in [7, 11) is 0. The summed E-state index contributed by atoms with van der Waals surface area (Å²) in [5.74, 6) is -2.03. The van der Waals surface area contributed by atoms with Gasteiger partial charge in [0.2, 0.25) is 0 Å². The van der Waals surface area contributed by atoms with E-state index in [1.165, 1.54) is 6.07 Å². The summed E-state index contributed by atoms with van der Waals surface area (Å²) in [6.45, 7) is 4.46. The Morgan fingerprint density at radius 3 is 2.55 bits per heavy atom. The Morgan fingerprint density at radius 2 is 1.90 bits per heavy atom. The Bertz CT molecular complexity index is 1010. The van der Waals surface area contributed by atoms with Crippen molar-refractivity contribution in [2.75, 3.05) is 6.54 Å². The third-order valence-corrected chi connectivity index (χ3v) is 4.49. The molecule has 3 rings (SSSR count). The predicted octanol–water partition coefficient (Wildman–Crippen LogP) is 3.66. The van der Waals surface area contributed by atoms with Crippen LogP contribution >= 0.6 is 0 Å². The number of fused-ring (bicyclic) bond motifs is 1. The van der Waals surface area contributed by atoms with Gasteiger partial charge in [-0.05, 0) is 51.5 Å². The van der Waals surface area contributed by atoms with Crippen molar-refractivity contribution in [2.24, 2.45) is 0 Å². The molecule has 1 N–H and O–H groups in total. The third-order valence-electron chi connectivity index (χ3n) is 4.49. The first-order chi connectivity index (χ1) is 13.7. The maximum Gasteiger partial charge on any atom is 0.296 e. The van der Waals surface area contributed by atoms with Crippen molar-refractivity contribution in [3.8, 4) is 0 Å². The fourth-order valence-electron chi connectivity index (χ4n) is 2.90. The number of carbonyl (C=O) groups is 1. The monoisotopic (exact) mass is 403 g/mol. The molecule has 154 valence electrons. The van der Waals surface area contributed by atoms with E-state index in [-0.39, 0.29) is 24.2 Å². The molecule has 0 radical (unpaired) electrons. The molecule has 0 bridgehead atoms. The van der Waals surface area contributed by atoms with Gasteiger partial charge in [0.05, 0.1) is 23.4 Å². The zero-order valence-corrected chi connectivity index (χ0v) is 16.5. The number of rotatable bonds is 7. The predicted molar refractivity (Wildman–Crippen MR) is 103 cm³/mol. The molecule has 1 amide bonds. The second-order valence-electron chi connectivity index (χ2n) is 7.42. The van der Waals surface area contributed by atoms with Crippen molar-refractivity contribution in [3.05, 3.63) is 71.2 Å². The molecule has 0 saturated heterocycles. The number of benzene rings is 1. The highest BCUT2D eigenvalue weighted by Gasteiger charge is 2.26. The molecule has 2 heterocycles. The third kappa shape index (κ3) is 4.78. The Morgan fingerprint density at radius 1 is 1.21 bits per heavy atom. The topological polar surface area (TPSA) is 67.1 Å². The van der Waals surface area contributed by atoms with Gasteiger partial charge in [-0.1, -0.05) is 12.1 Å². The Balaban J connectivity index is 1.90. The maximum atomic E-state index is 13.9. The Labute approximate surface area is 167 Å². The SMILES string of the molecule is Cc1nc2ccccn2c1C(=O)N(CCC(C)(C)O)OCc1c(F)cccc1F. The van der Waals surface area contributed by atoms with Crippen molar-refractivity contribution in [2.45, 2.75) is 39.4 Å². The molecule has 6 nitrogen and oxygen atoms in total. The van der Waals surface area contributed by atoms with Crippen LogP contribution in [0.3, 0.4) is 0 Å². The highest BCUT2D eigenvalue weighted by molar-refractivity contribution is 5.94. The normalized spacial score (nSPS) is 11.8. The molecule has 2 aromatic heterocycles. The van der Waals surface area contributed by atoms with Crippen LogP contribution in [-0.2, 0) is 11.4 Å². The minimum absolute atomic E-state index is 0.0257. The molecule has 0 atom stereocenters. The van der Waals surface area contributed by atoms with Gasteiger partial charge < -0.3 is 5.11 Å². The Hall–Kier alpha value is -2.84. The van der Waals surface area contributed by atoms with E-state index >= 15 is 0 Å². The number of carbonyl (C=O) groups excluding carboxylic acids is 1. The van der Waals surface area contributed by atoms with Gasteiger partial charge in [0.1, 0.15) is 29.6 Å². The molecule has 0 unspecified atom stereocenters. The van der Waals surface area contributed by atoms with Gasteiger partial charge in [0, 0.05) is 6.20 Å². The molecule has 0 aliphatic rings. The van der Waals surface area contributed by atoms with E-state index < -0.39 is 29.7 Å². The van der Waals surface area contributed by atoms with Crippen LogP contribution < -0.4 is 0 Å². The van der Waals surface area contributed by atoms with Crippen molar-refractivity contribution < 1.29 is 23.5 Å². The van der Waals surface area contributed by atoms with Gasteiger partial charge in [0.25, 0.3) is 5.91 Å². The van der Waals surface area contributed by atoms with Gasteiger partial charge in [0.15, 0.2) is 0 Å². The van der Waals surface area contributed by atoms with E-state index in [0.29, 0.717) is 11.3 Å². The van der Waals surface area contributed by atoms with E-state index in [1.807, 2.05) is 0 Å². The van der Waals surface area contributed by atoms with Crippen molar-refractivity contribution in [3.63, 3.8) is 0 Å². The van der Waals surface area contributed by atoms with Crippen LogP contribution in [0.2, 0.25) is 0 Å². The number of hydroxylamine groups is 2. The van der Waals surface area contributed by atoms with Crippen molar-refractivity contribution in [1.82, 2.24) is 14.4 Å². The fourth-order valence-corrected chi connectivity index (χ4v) is 2.90. The van der Waals surface area contributed by atoms with Crippen LogP contribution in [0.4, 0.5) is 8.78 Å². The van der Waals surface area contributed by atoms with Gasteiger partial charge in [-0.15, -0.1) is 0 Å². The van der Waals surface area contributed by atoms with E-state index in [1.54, 1.807) is 49.6 Å². The average Bonchev–Trinajstić information content (AvgIpc) is 2.98. The summed E-state index contributed by atoms with van der Waals surface area (Å²) in [5.41, 5.74) is 0.0412. The van der Waals surface area contributed by atoms with Crippen LogP contribution in [0, 0.1) is 18.6 Å². The van der Waals surface area contributed by atoms with Crippen molar-refractivity contribution >= 4 is 11.6 Å². The van der Waals surface area contributed by atoms with Crippen LogP contribution in [-0.4, -0.2) is 37.6 Å². The largest absolute Gasteiger partial charge is 0.390 e. The summed E-state index contributed by atoms with van der Waals surface area (Å²) in [5, 5.41) is 11.1. The molecule has 0 spiro atoms. The standard InChI is InChI=1S/C21H23F2N3O3/c1-14-19(25-11-5-4-9-18(25)24-14)20(27)26(12-10-21(2,3)28)29-13-15-16(22)7-6-8-17(15)23/h4-9,11,28H,10,12-13H2,1-3H3. The molecule has 29 heavy (non-hydrogen) atoms. The highest BCUT2D eigenvalue weighted by atomic mass is 19.1. The average molecular weight is 403 g/mol. The van der Waals surface area contributed by atoms with Gasteiger partial charge in [-0.3, -0.25) is 14.0 Å².